The monoisotopic (exact) mass is 310 g/mol. The van der Waals surface area contributed by atoms with Gasteiger partial charge in [-0.25, -0.2) is 4.79 Å². The molecule has 23 heavy (non-hydrogen) atoms. The predicted octanol–water partition coefficient (Wildman–Crippen LogP) is 3.36. The van der Waals surface area contributed by atoms with Gasteiger partial charge >= 0.3 is 5.97 Å². The molecule has 0 aliphatic carbocycles. The maximum absolute atomic E-state index is 12.1. The minimum absolute atomic E-state index is 0.0853. The Balaban J connectivity index is 1.74. The van der Waals surface area contributed by atoms with Crippen molar-refractivity contribution in [3.63, 3.8) is 0 Å². The number of benzene rings is 2. The number of aromatic nitrogens is 2. The van der Waals surface area contributed by atoms with Crippen LogP contribution in [0, 0.1) is 0 Å². The third-order valence-corrected chi connectivity index (χ3v) is 3.22. The van der Waals surface area contributed by atoms with Crippen molar-refractivity contribution in [2.45, 2.75) is 13.0 Å². The maximum Gasteiger partial charge on any atom is 0.342 e. The van der Waals surface area contributed by atoms with Gasteiger partial charge in [0.25, 0.3) is 5.89 Å². The van der Waals surface area contributed by atoms with Gasteiger partial charge < -0.3 is 14.3 Å². The van der Waals surface area contributed by atoms with Crippen molar-refractivity contribution in [2.75, 3.05) is 0 Å². The number of hydrogen-bond donors (Lipinski definition) is 1. The van der Waals surface area contributed by atoms with E-state index in [0.29, 0.717) is 5.89 Å². The molecule has 3 aromatic rings. The number of esters is 1. The summed E-state index contributed by atoms with van der Waals surface area (Å²) in [4.78, 5) is 12.1. The van der Waals surface area contributed by atoms with Crippen LogP contribution in [-0.2, 0) is 4.74 Å². The molecule has 0 radical (unpaired) electrons. The Morgan fingerprint density at radius 3 is 2.52 bits per heavy atom. The van der Waals surface area contributed by atoms with E-state index in [1.165, 1.54) is 12.1 Å². The molecule has 0 spiro atoms. The van der Waals surface area contributed by atoms with Gasteiger partial charge in [-0.15, -0.1) is 10.2 Å². The lowest BCUT2D eigenvalue weighted by Crippen LogP contribution is -2.09. The Bertz CT molecular complexity index is 814. The van der Waals surface area contributed by atoms with E-state index < -0.39 is 12.1 Å². The molecule has 3 rings (SSSR count). The summed E-state index contributed by atoms with van der Waals surface area (Å²) in [6.45, 7) is 1.63. The first-order valence-electron chi connectivity index (χ1n) is 7.03. The number of aromatic hydroxyl groups is 1. The molecule has 1 heterocycles. The van der Waals surface area contributed by atoms with Crippen molar-refractivity contribution in [3.8, 4) is 17.2 Å². The topological polar surface area (TPSA) is 85.5 Å². The summed E-state index contributed by atoms with van der Waals surface area (Å²) in [5, 5.41) is 17.5. The quantitative estimate of drug-likeness (QED) is 0.744. The minimum Gasteiger partial charge on any atom is -0.507 e. The van der Waals surface area contributed by atoms with Crippen molar-refractivity contribution in [1.82, 2.24) is 10.2 Å². The van der Waals surface area contributed by atoms with Gasteiger partial charge in [0.1, 0.15) is 11.3 Å². The van der Waals surface area contributed by atoms with Gasteiger partial charge in [0.2, 0.25) is 5.89 Å². The van der Waals surface area contributed by atoms with Gasteiger partial charge in [-0.2, -0.15) is 0 Å². The molecular formula is C17H14N2O4. The third-order valence-electron chi connectivity index (χ3n) is 3.22. The second-order valence-corrected chi connectivity index (χ2v) is 4.88. The Kier molecular flexibility index (Phi) is 4.05. The molecule has 0 bridgehead atoms. The number of para-hydroxylation sites is 1. The Morgan fingerprint density at radius 2 is 1.78 bits per heavy atom. The van der Waals surface area contributed by atoms with E-state index in [-0.39, 0.29) is 17.2 Å². The Morgan fingerprint density at radius 1 is 1.09 bits per heavy atom. The molecule has 1 unspecified atom stereocenters. The number of carbonyl (C=O) groups is 1. The molecule has 116 valence electrons. The van der Waals surface area contributed by atoms with Crippen LogP contribution in [0.25, 0.3) is 11.5 Å². The second-order valence-electron chi connectivity index (χ2n) is 4.88. The zero-order valence-electron chi connectivity index (χ0n) is 12.3. The van der Waals surface area contributed by atoms with E-state index in [0.717, 1.165) is 5.56 Å². The highest BCUT2D eigenvalue weighted by Crippen LogP contribution is 2.24. The molecule has 0 saturated heterocycles. The van der Waals surface area contributed by atoms with Gasteiger partial charge in [-0.05, 0) is 31.2 Å². The first-order valence-corrected chi connectivity index (χ1v) is 7.03. The number of rotatable bonds is 4. The summed E-state index contributed by atoms with van der Waals surface area (Å²) in [5.41, 5.74) is 0.868. The van der Waals surface area contributed by atoms with Crippen LogP contribution in [0.3, 0.4) is 0 Å². The average molecular weight is 310 g/mol. The average Bonchev–Trinajstić information content (AvgIpc) is 3.06. The molecule has 6 nitrogen and oxygen atoms in total. The molecule has 0 saturated carbocycles. The van der Waals surface area contributed by atoms with Crippen LogP contribution in [0.4, 0.5) is 0 Å². The number of carbonyl (C=O) groups excluding carboxylic acids is 1. The molecule has 0 aliphatic rings. The number of nitrogens with zero attached hydrogens (tertiary/aromatic N) is 2. The standard InChI is InChI=1S/C17H14N2O4/c1-11(22-17(21)13-9-5-6-10-14(13)20)15-18-19-16(23-15)12-7-3-2-4-8-12/h2-11,20H,1H3. The molecular weight excluding hydrogens is 296 g/mol. The van der Waals surface area contributed by atoms with Crippen LogP contribution in [0.5, 0.6) is 5.75 Å². The lowest BCUT2D eigenvalue weighted by molar-refractivity contribution is 0.0277. The van der Waals surface area contributed by atoms with Crippen LogP contribution in [0.15, 0.2) is 59.0 Å². The molecule has 0 aliphatic heterocycles. The summed E-state index contributed by atoms with van der Waals surface area (Å²) in [6.07, 6.45) is -0.730. The number of ether oxygens (including phenoxy) is 1. The van der Waals surface area contributed by atoms with Crippen LogP contribution in [0.1, 0.15) is 29.3 Å². The molecule has 2 aromatic carbocycles. The van der Waals surface area contributed by atoms with Crippen LogP contribution in [-0.4, -0.2) is 21.3 Å². The summed E-state index contributed by atoms with van der Waals surface area (Å²) < 4.78 is 10.8. The zero-order chi connectivity index (χ0) is 16.2. The highest BCUT2D eigenvalue weighted by molar-refractivity contribution is 5.92. The summed E-state index contributed by atoms with van der Waals surface area (Å²) >= 11 is 0. The second kappa shape index (κ2) is 6.31. The molecule has 6 heteroatoms. The smallest absolute Gasteiger partial charge is 0.342 e. The Labute approximate surface area is 132 Å². The number of phenolic OH excluding ortho intramolecular Hbond substituents is 1. The lowest BCUT2D eigenvalue weighted by atomic mass is 10.2. The van der Waals surface area contributed by atoms with Crippen molar-refractivity contribution in [1.29, 1.82) is 0 Å². The van der Waals surface area contributed by atoms with Crippen molar-refractivity contribution in [3.05, 3.63) is 66.1 Å². The fourth-order valence-corrected chi connectivity index (χ4v) is 2.02. The van der Waals surface area contributed by atoms with Gasteiger partial charge in [0, 0.05) is 5.56 Å². The minimum atomic E-state index is -0.730. The highest BCUT2D eigenvalue weighted by Gasteiger charge is 2.21. The van der Waals surface area contributed by atoms with Crippen LogP contribution in [0.2, 0.25) is 0 Å². The van der Waals surface area contributed by atoms with Gasteiger partial charge in [0.05, 0.1) is 0 Å². The first-order chi connectivity index (χ1) is 11.1. The van der Waals surface area contributed by atoms with Crippen LogP contribution >= 0.6 is 0 Å². The van der Waals surface area contributed by atoms with Gasteiger partial charge in [0.15, 0.2) is 6.10 Å². The lowest BCUT2D eigenvalue weighted by Gasteiger charge is -2.10. The first kappa shape index (κ1) is 14.8. The van der Waals surface area contributed by atoms with Crippen molar-refractivity contribution >= 4 is 5.97 Å². The molecule has 1 aromatic heterocycles. The third kappa shape index (κ3) is 3.21. The summed E-state index contributed by atoms with van der Waals surface area (Å²) in [7, 11) is 0. The van der Waals surface area contributed by atoms with E-state index in [4.69, 9.17) is 9.15 Å². The largest absolute Gasteiger partial charge is 0.507 e. The summed E-state index contributed by atoms with van der Waals surface area (Å²) in [6, 6.07) is 15.5. The van der Waals surface area contributed by atoms with E-state index in [1.807, 2.05) is 30.3 Å². The van der Waals surface area contributed by atoms with Gasteiger partial charge in [-0.1, -0.05) is 30.3 Å². The Hall–Kier alpha value is -3.15. The van der Waals surface area contributed by atoms with E-state index in [2.05, 4.69) is 10.2 Å². The van der Waals surface area contributed by atoms with E-state index in [9.17, 15) is 9.90 Å². The van der Waals surface area contributed by atoms with Crippen molar-refractivity contribution < 1.29 is 19.1 Å². The highest BCUT2D eigenvalue weighted by atomic mass is 16.6. The van der Waals surface area contributed by atoms with Crippen molar-refractivity contribution in [2.24, 2.45) is 0 Å². The fourth-order valence-electron chi connectivity index (χ4n) is 2.02. The predicted molar refractivity (Wildman–Crippen MR) is 81.7 cm³/mol. The molecule has 0 amide bonds. The van der Waals surface area contributed by atoms with E-state index >= 15 is 0 Å². The normalized spacial score (nSPS) is 11.9. The SMILES string of the molecule is CC(OC(=O)c1ccccc1O)c1nnc(-c2ccccc2)o1. The summed E-state index contributed by atoms with van der Waals surface area (Å²) in [5.74, 6) is -0.256. The molecule has 1 N–H and O–H groups in total. The number of hydrogen-bond acceptors (Lipinski definition) is 6. The van der Waals surface area contributed by atoms with E-state index in [1.54, 1.807) is 19.1 Å². The number of phenols is 1. The molecule has 1 atom stereocenters. The van der Waals surface area contributed by atoms with Gasteiger partial charge in [-0.3, -0.25) is 0 Å². The molecule has 0 fully saturated rings. The zero-order valence-corrected chi connectivity index (χ0v) is 12.3. The maximum atomic E-state index is 12.1. The fraction of sp³-hybridized carbons (Fsp3) is 0.118. The van der Waals surface area contributed by atoms with Crippen LogP contribution < -0.4 is 0 Å².